The molecule has 106 valence electrons. The first-order valence-electron chi connectivity index (χ1n) is 6.84. The van der Waals surface area contributed by atoms with Crippen molar-refractivity contribution in [2.24, 2.45) is 5.92 Å². The molecule has 3 rings (SSSR count). The minimum atomic E-state index is -0.489. The highest BCUT2D eigenvalue weighted by Gasteiger charge is 2.15. The smallest absolute Gasteiger partial charge is 0.408 e. The summed E-state index contributed by atoms with van der Waals surface area (Å²) in [5, 5.41) is 6.14. The van der Waals surface area contributed by atoms with Crippen LogP contribution in [-0.4, -0.2) is 24.0 Å². The van der Waals surface area contributed by atoms with Gasteiger partial charge >= 0.3 is 5.76 Å². The number of carbonyl (C=O) groups excluding carboxylic acids is 1. The van der Waals surface area contributed by atoms with E-state index >= 15 is 0 Å². The van der Waals surface area contributed by atoms with Gasteiger partial charge in [0.1, 0.15) is 0 Å². The van der Waals surface area contributed by atoms with E-state index in [2.05, 4.69) is 15.6 Å². The lowest BCUT2D eigenvalue weighted by Crippen LogP contribution is -2.14. The van der Waals surface area contributed by atoms with Gasteiger partial charge in [0.25, 0.3) is 0 Å². The predicted octanol–water partition coefficient (Wildman–Crippen LogP) is 1.45. The van der Waals surface area contributed by atoms with Crippen molar-refractivity contribution in [2.45, 2.75) is 19.3 Å². The molecule has 1 amide bonds. The molecule has 1 aromatic carbocycles. The maximum Gasteiger partial charge on any atom is 0.417 e. The second kappa shape index (κ2) is 5.50. The molecule has 1 saturated heterocycles. The zero-order valence-electron chi connectivity index (χ0n) is 11.1. The van der Waals surface area contributed by atoms with Crippen molar-refractivity contribution in [3.63, 3.8) is 0 Å². The normalized spacial score (nSPS) is 18.5. The number of aromatic nitrogens is 1. The van der Waals surface area contributed by atoms with Crippen molar-refractivity contribution < 1.29 is 9.21 Å². The Morgan fingerprint density at radius 1 is 1.45 bits per heavy atom. The van der Waals surface area contributed by atoms with Crippen molar-refractivity contribution in [3.05, 3.63) is 28.7 Å². The molecule has 6 heteroatoms. The van der Waals surface area contributed by atoms with Crippen LogP contribution < -0.4 is 16.4 Å². The summed E-state index contributed by atoms with van der Waals surface area (Å²) >= 11 is 0. The Hall–Kier alpha value is -2.08. The number of rotatable bonds is 4. The molecule has 1 aliphatic rings. The topological polar surface area (TPSA) is 87.1 Å². The summed E-state index contributed by atoms with van der Waals surface area (Å²) in [6.07, 6.45) is 2.57. The van der Waals surface area contributed by atoms with Crippen LogP contribution in [0.3, 0.4) is 0 Å². The third-order valence-electron chi connectivity index (χ3n) is 3.64. The maximum atomic E-state index is 11.9. The Balaban J connectivity index is 1.60. The molecule has 0 saturated carbocycles. The Morgan fingerprint density at radius 2 is 2.35 bits per heavy atom. The molecular formula is C14H17N3O3. The highest BCUT2D eigenvalue weighted by Crippen LogP contribution is 2.18. The van der Waals surface area contributed by atoms with E-state index in [1.165, 1.54) is 0 Å². The summed E-state index contributed by atoms with van der Waals surface area (Å²) in [5.74, 6) is 0.118. The van der Waals surface area contributed by atoms with E-state index in [1.54, 1.807) is 18.2 Å². The summed E-state index contributed by atoms with van der Waals surface area (Å²) in [7, 11) is 0. The number of hydrogen-bond acceptors (Lipinski definition) is 4. The highest BCUT2D eigenvalue weighted by molar-refractivity contribution is 5.92. The summed E-state index contributed by atoms with van der Waals surface area (Å²) < 4.78 is 4.91. The molecule has 0 radical (unpaired) electrons. The molecule has 1 unspecified atom stereocenters. The number of fused-ring (bicyclic) bond motifs is 1. The van der Waals surface area contributed by atoms with Gasteiger partial charge in [0, 0.05) is 12.1 Å². The molecule has 3 N–H and O–H groups in total. The molecule has 0 aliphatic carbocycles. The van der Waals surface area contributed by atoms with Gasteiger partial charge in [-0.05, 0) is 50.0 Å². The maximum absolute atomic E-state index is 11.9. The number of oxazole rings is 1. The number of benzene rings is 1. The first-order chi connectivity index (χ1) is 9.70. The van der Waals surface area contributed by atoms with E-state index in [0.29, 0.717) is 29.1 Å². The van der Waals surface area contributed by atoms with Crippen LogP contribution in [0.25, 0.3) is 11.1 Å². The minimum Gasteiger partial charge on any atom is -0.408 e. The fourth-order valence-electron chi connectivity index (χ4n) is 2.55. The third kappa shape index (κ3) is 2.91. The second-order valence-corrected chi connectivity index (χ2v) is 5.17. The first kappa shape index (κ1) is 12.9. The van der Waals surface area contributed by atoms with Crippen molar-refractivity contribution in [3.8, 4) is 0 Å². The summed E-state index contributed by atoms with van der Waals surface area (Å²) in [6.45, 7) is 2.06. The molecule has 1 aliphatic heterocycles. The molecule has 6 nitrogen and oxygen atoms in total. The standard InChI is InChI=1S/C14H17N3O3/c18-13(4-1-9-5-6-15-8-9)16-10-2-3-12-11(7-10)17-14(19)20-12/h2-3,7,9,15H,1,4-6,8H2,(H,16,18)(H,17,19). The molecule has 1 aromatic heterocycles. The monoisotopic (exact) mass is 275 g/mol. The average molecular weight is 275 g/mol. The highest BCUT2D eigenvalue weighted by atomic mass is 16.4. The van der Waals surface area contributed by atoms with Crippen LogP contribution in [0, 0.1) is 5.92 Å². The van der Waals surface area contributed by atoms with Crippen molar-refractivity contribution in [2.75, 3.05) is 18.4 Å². The van der Waals surface area contributed by atoms with E-state index in [0.717, 1.165) is 25.9 Å². The SMILES string of the molecule is O=C(CCC1CCNC1)Nc1ccc2oc(=O)[nH]c2c1. The summed E-state index contributed by atoms with van der Waals surface area (Å²) in [4.78, 5) is 25.5. The summed E-state index contributed by atoms with van der Waals surface area (Å²) in [6, 6.07) is 5.10. The molecule has 0 spiro atoms. The fraction of sp³-hybridized carbons (Fsp3) is 0.429. The molecule has 1 atom stereocenters. The van der Waals surface area contributed by atoms with Crippen LogP contribution in [0.5, 0.6) is 0 Å². The lowest BCUT2D eigenvalue weighted by molar-refractivity contribution is -0.116. The van der Waals surface area contributed by atoms with Gasteiger partial charge in [-0.1, -0.05) is 0 Å². The average Bonchev–Trinajstić information content (AvgIpc) is 3.04. The van der Waals surface area contributed by atoms with Gasteiger partial charge < -0.3 is 15.1 Å². The third-order valence-corrected chi connectivity index (χ3v) is 3.64. The quantitative estimate of drug-likeness (QED) is 0.788. The van der Waals surface area contributed by atoms with Crippen LogP contribution >= 0.6 is 0 Å². The van der Waals surface area contributed by atoms with Crippen molar-refractivity contribution in [1.29, 1.82) is 0 Å². The molecule has 1 fully saturated rings. The molecular weight excluding hydrogens is 258 g/mol. The van der Waals surface area contributed by atoms with Gasteiger partial charge in [-0.2, -0.15) is 0 Å². The van der Waals surface area contributed by atoms with Gasteiger partial charge in [-0.25, -0.2) is 4.79 Å². The summed E-state index contributed by atoms with van der Waals surface area (Å²) in [5.41, 5.74) is 1.75. The van der Waals surface area contributed by atoms with Crippen LogP contribution in [0.2, 0.25) is 0 Å². The Labute approximate surface area is 115 Å². The van der Waals surface area contributed by atoms with Gasteiger partial charge in [0.2, 0.25) is 5.91 Å². The zero-order valence-corrected chi connectivity index (χ0v) is 11.1. The number of amides is 1. The molecule has 0 bridgehead atoms. The number of H-pyrrole nitrogens is 1. The molecule has 20 heavy (non-hydrogen) atoms. The van der Waals surface area contributed by atoms with E-state index in [-0.39, 0.29) is 5.91 Å². The first-order valence-corrected chi connectivity index (χ1v) is 6.84. The predicted molar refractivity (Wildman–Crippen MR) is 75.7 cm³/mol. The fourth-order valence-corrected chi connectivity index (χ4v) is 2.55. The van der Waals surface area contributed by atoms with Gasteiger partial charge in [-0.3, -0.25) is 9.78 Å². The van der Waals surface area contributed by atoms with Crippen LogP contribution in [0.4, 0.5) is 5.69 Å². The number of anilines is 1. The lowest BCUT2D eigenvalue weighted by atomic mass is 10.0. The van der Waals surface area contributed by atoms with E-state index in [1.807, 2.05) is 0 Å². The van der Waals surface area contributed by atoms with Crippen LogP contribution in [0.1, 0.15) is 19.3 Å². The van der Waals surface area contributed by atoms with Gasteiger partial charge in [0.05, 0.1) is 5.52 Å². The number of hydrogen-bond donors (Lipinski definition) is 3. The number of aromatic amines is 1. The van der Waals surface area contributed by atoms with E-state index in [4.69, 9.17) is 4.42 Å². The second-order valence-electron chi connectivity index (χ2n) is 5.17. The van der Waals surface area contributed by atoms with Gasteiger partial charge in [-0.15, -0.1) is 0 Å². The molecule has 2 heterocycles. The van der Waals surface area contributed by atoms with Crippen molar-refractivity contribution >= 4 is 22.7 Å². The van der Waals surface area contributed by atoms with Crippen LogP contribution in [-0.2, 0) is 4.79 Å². The molecule has 2 aromatic rings. The zero-order chi connectivity index (χ0) is 13.9. The number of carbonyl (C=O) groups is 1. The Bertz CT molecular complexity index is 668. The van der Waals surface area contributed by atoms with Crippen LogP contribution in [0.15, 0.2) is 27.4 Å². The Morgan fingerprint density at radius 3 is 3.15 bits per heavy atom. The lowest BCUT2D eigenvalue weighted by Gasteiger charge is -2.08. The Kier molecular flexibility index (Phi) is 3.56. The minimum absolute atomic E-state index is 0.00194. The van der Waals surface area contributed by atoms with E-state index < -0.39 is 5.76 Å². The largest absolute Gasteiger partial charge is 0.417 e. The number of nitrogens with one attached hydrogen (secondary N) is 3. The van der Waals surface area contributed by atoms with Crippen molar-refractivity contribution in [1.82, 2.24) is 10.3 Å². The van der Waals surface area contributed by atoms with Gasteiger partial charge in [0.15, 0.2) is 5.58 Å². The van der Waals surface area contributed by atoms with E-state index in [9.17, 15) is 9.59 Å².